The monoisotopic (exact) mass is 452 g/mol. The Kier molecular flexibility index (Phi) is 6.01. The SMILES string of the molecule is CCn1nc(C)c2c(NC3CCCCC3)c(C3=NOC4(CCC(NC(C)=O)CC4)C3)cnc21. The zero-order valence-electron chi connectivity index (χ0n) is 20.1. The van der Waals surface area contributed by atoms with Crippen LogP contribution in [0.15, 0.2) is 11.4 Å². The zero-order chi connectivity index (χ0) is 23.0. The van der Waals surface area contributed by atoms with Crippen molar-refractivity contribution in [3.63, 3.8) is 0 Å². The van der Waals surface area contributed by atoms with Crippen LogP contribution < -0.4 is 10.6 Å². The normalized spacial score (nSPS) is 25.8. The number of nitrogens with one attached hydrogen (secondary N) is 2. The summed E-state index contributed by atoms with van der Waals surface area (Å²) in [6.45, 7) is 6.56. The molecule has 33 heavy (non-hydrogen) atoms. The number of amides is 1. The van der Waals surface area contributed by atoms with E-state index in [0.717, 1.165) is 72.3 Å². The van der Waals surface area contributed by atoms with Gasteiger partial charge in [-0.1, -0.05) is 24.4 Å². The summed E-state index contributed by atoms with van der Waals surface area (Å²) in [7, 11) is 0. The molecule has 2 aromatic rings. The summed E-state index contributed by atoms with van der Waals surface area (Å²) in [5, 5.41) is 17.4. The van der Waals surface area contributed by atoms with Gasteiger partial charge in [0.05, 0.1) is 22.5 Å². The third kappa shape index (κ3) is 4.32. The molecule has 0 atom stereocenters. The molecule has 2 fully saturated rings. The van der Waals surface area contributed by atoms with E-state index < -0.39 is 0 Å². The molecular weight excluding hydrogens is 416 g/mol. The first kappa shape index (κ1) is 22.2. The quantitative estimate of drug-likeness (QED) is 0.699. The summed E-state index contributed by atoms with van der Waals surface area (Å²) in [5.41, 5.74) is 4.82. The lowest BCUT2D eigenvalue weighted by atomic mass is 9.78. The highest BCUT2D eigenvalue weighted by Crippen LogP contribution is 2.42. The minimum atomic E-state index is -0.260. The molecule has 0 saturated heterocycles. The summed E-state index contributed by atoms with van der Waals surface area (Å²) in [4.78, 5) is 22.4. The first-order valence-electron chi connectivity index (χ1n) is 12.6. The van der Waals surface area contributed by atoms with E-state index in [1.807, 2.05) is 10.9 Å². The number of rotatable bonds is 5. The van der Waals surface area contributed by atoms with Crippen LogP contribution in [-0.4, -0.2) is 44.1 Å². The molecule has 2 saturated carbocycles. The second-order valence-electron chi connectivity index (χ2n) is 10.1. The number of carbonyl (C=O) groups is 1. The summed E-state index contributed by atoms with van der Waals surface area (Å²) >= 11 is 0. The molecule has 0 bridgehead atoms. The fourth-order valence-corrected chi connectivity index (χ4v) is 5.87. The molecule has 1 spiro atoms. The molecule has 2 aliphatic carbocycles. The van der Waals surface area contributed by atoms with Crippen molar-refractivity contribution in [1.82, 2.24) is 20.1 Å². The zero-order valence-corrected chi connectivity index (χ0v) is 20.1. The Morgan fingerprint density at radius 1 is 1.18 bits per heavy atom. The second-order valence-corrected chi connectivity index (χ2v) is 10.1. The number of pyridine rings is 1. The van der Waals surface area contributed by atoms with Crippen LogP contribution in [0, 0.1) is 6.92 Å². The molecule has 3 heterocycles. The number of anilines is 1. The molecule has 8 heteroatoms. The highest BCUT2D eigenvalue weighted by molar-refractivity contribution is 6.11. The molecule has 178 valence electrons. The van der Waals surface area contributed by atoms with Crippen LogP contribution in [0.25, 0.3) is 11.0 Å². The summed E-state index contributed by atoms with van der Waals surface area (Å²) < 4.78 is 1.98. The van der Waals surface area contributed by atoms with E-state index >= 15 is 0 Å². The molecule has 5 rings (SSSR count). The number of carbonyl (C=O) groups excluding carboxylic acids is 1. The Morgan fingerprint density at radius 3 is 2.64 bits per heavy atom. The van der Waals surface area contributed by atoms with Crippen LogP contribution in [0.3, 0.4) is 0 Å². The smallest absolute Gasteiger partial charge is 0.217 e. The fourth-order valence-electron chi connectivity index (χ4n) is 5.87. The number of fused-ring (bicyclic) bond motifs is 1. The Balaban J connectivity index is 1.44. The Morgan fingerprint density at radius 2 is 1.94 bits per heavy atom. The first-order valence-corrected chi connectivity index (χ1v) is 12.6. The predicted octanol–water partition coefficient (Wildman–Crippen LogP) is 4.45. The minimum Gasteiger partial charge on any atom is -0.389 e. The van der Waals surface area contributed by atoms with Crippen LogP contribution >= 0.6 is 0 Å². The van der Waals surface area contributed by atoms with Crippen LogP contribution in [0.4, 0.5) is 5.69 Å². The Bertz CT molecular complexity index is 1060. The van der Waals surface area contributed by atoms with E-state index in [-0.39, 0.29) is 17.6 Å². The van der Waals surface area contributed by atoms with Gasteiger partial charge in [-0.2, -0.15) is 5.10 Å². The van der Waals surface area contributed by atoms with E-state index in [4.69, 9.17) is 14.9 Å². The molecule has 0 radical (unpaired) electrons. The van der Waals surface area contributed by atoms with Crippen molar-refractivity contribution in [3.05, 3.63) is 17.5 Å². The molecule has 3 aliphatic rings. The van der Waals surface area contributed by atoms with Crippen molar-refractivity contribution in [3.8, 4) is 0 Å². The molecule has 1 amide bonds. The summed E-state index contributed by atoms with van der Waals surface area (Å²) in [6.07, 6.45) is 12.7. The summed E-state index contributed by atoms with van der Waals surface area (Å²) in [6, 6.07) is 0.710. The average Bonchev–Trinajstić information content (AvgIpc) is 3.37. The van der Waals surface area contributed by atoms with Crippen molar-refractivity contribution in [2.45, 2.75) is 109 Å². The van der Waals surface area contributed by atoms with Crippen molar-refractivity contribution in [2.75, 3.05) is 5.32 Å². The van der Waals surface area contributed by atoms with Crippen LogP contribution in [0.5, 0.6) is 0 Å². The maximum Gasteiger partial charge on any atom is 0.217 e. The largest absolute Gasteiger partial charge is 0.389 e. The van der Waals surface area contributed by atoms with Gasteiger partial charge in [0, 0.05) is 43.7 Å². The highest BCUT2D eigenvalue weighted by atomic mass is 16.7. The van der Waals surface area contributed by atoms with Gasteiger partial charge in [0.15, 0.2) is 5.65 Å². The van der Waals surface area contributed by atoms with Crippen molar-refractivity contribution in [1.29, 1.82) is 0 Å². The molecule has 0 unspecified atom stereocenters. The maximum absolute atomic E-state index is 11.4. The van der Waals surface area contributed by atoms with E-state index in [1.54, 1.807) is 6.92 Å². The number of nitrogens with zero attached hydrogens (tertiary/aromatic N) is 4. The lowest BCUT2D eigenvalue weighted by Crippen LogP contribution is -2.43. The van der Waals surface area contributed by atoms with Gasteiger partial charge in [0.2, 0.25) is 5.91 Å². The van der Waals surface area contributed by atoms with Gasteiger partial charge >= 0.3 is 0 Å². The lowest BCUT2D eigenvalue weighted by Gasteiger charge is -2.35. The Hall–Kier alpha value is -2.64. The number of hydrogen-bond donors (Lipinski definition) is 2. The van der Waals surface area contributed by atoms with Gasteiger partial charge in [-0.05, 0) is 52.4 Å². The van der Waals surface area contributed by atoms with Crippen LogP contribution in [0.2, 0.25) is 0 Å². The minimum absolute atomic E-state index is 0.0426. The van der Waals surface area contributed by atoms with Gasteiger partial charge < -0.3 is 15.5 Å². The van der Waals surface area contributed by atoms with Gasteiger partial charge in [0.1, 0.15) is 5.60 Å². The number of aryl methyl sites for hydroxylation is 2. The summed E-state index contributed by atoms with van der Waals surface area (Å²) in [5.74, 6) is 0.0426. The first-order chi connectivity index (χ1) is 16.0. The van der Waals surface area contributed by atoms with Crippen LogP contribution in [0.1, 0.15) is 89.3 Å². The Labute approximate surface area is 195 Å². The molecule has 2 N–H and O–H groups in total. The average molecular weight is 453 g/mol. The molecule has 1 aliphatic heterocycles. The van der Waals surface area contributed by atoms with E-state index in [0.29, 0.717) is 6.04 Å². The van der Waals surface area contributed by atoms with Crippen molar-refractivity contribution in [2.24, 2.45) is 5.16 Å². The second kappa shape index (κ2) is 8.95. The van der Waals surface area contributed by atoms with E-state index in [2.05, 4.69) is 29.6 Å². The number of aromatic nitrogens is 3. The molecule has 0 aromatic carbocycles. The third-order valence-corrected chi connectivity index (χ3v) is 7.64. The van der Waals surface area contributed by atoms with E-state index in [9.17, 15) is 4.79 Å². The fraction of sp³-hybridized carbons (Fsp3) is 0.680. The maximum atomic E-state index is 11.4. The highest BCUT2D eigenvalue weighted by Gasteiger charge is 2.43. The van der Waals surface area contributed by atoms with E-state index in [1.165, 1.54) is 32.1 Å². The van der Waals surface area contributed by atoms with Gasteiger partial charge in [-0.15, -0.1) is 0 Å². The van der Waals surface area contributed by atoms with Gasteiger partial charge in [-0.3, -0.25) is 4.79 Å². The van der Waals surface area contributed by atoms with Crippen LogP contribution in [-0.2, 0) is 16.2 Å². The van der Waals surface area contributed by atoms with Gasteiger partial charge in [-0.25, -0.2) is 9.67 Å². The molecule has 2 aromatic heterocycles. The number of oxime groups is 1. The number of hydrogen-bond acceptors (Lipinski definition) is 6. The van der Waals surface area contributed by atoms with Gasteiger partial charge in [0.25, 0.3) is 0 Å². The third-order valence-electron chi connectivity index (χ3n) is 7.64. The standard InChI is InChI=1S/C25H36N6O2/c1-4-31-24-22(16(2)29-31)23(28-18-8-6-5-7-9-18)20(15-26-24)21-14-25(33-30-21)12-10-19(11-13-25)27-17(3)32/h15,18-19H,4-14H2,1-3H3,(H,26,28)(H,27,32). The topological polar surface area (TPSA) is 93.4 Å². The molecule has 8 nitrogen and oxygen atoms in total. The van der Waals surface area contributed by atoms with Crippen molar-refractivity contribution >= 4 is 28.3 Å². The predicted molar refractivity (Wildman–Crippen MR) is 129 cm³/mol. The molecular formula is C25H36N6O2. The lowest BCUT2D eigenvalue weighted by molar-refractivity contribution is -0.120. The van der Waals surface area contributed by atoms with Crippen molar-refractivity contribution < 1.29 is 9.63 Å².